The van der Waals surface area contributed by atoms with Crippen LogP contribution in [0.25, 0.3) is 0 Å². The van der Waals surface area contributed by atoms with Gasteiger partial charge in [-0.3, -0.25) is 0 Å². The number of hydrogen-bond acceptors (Lipinski definition) is 2. The first-order valence-corrected chi connectivity index (χ1v) is 2.89. The molecule has 9 heavy (non-hydrogen) atoms. The van der Waals surface area contributed by atoms with Gasteiger partial charge in [0.2, 0.25) is 0 Å². The highest BCUT2D eigenvalue weighted by Gasteiger charge is 2.47. The third kappa shape index (κ3) is 1.24. The Kier molecular flexibility index (Phi) is 1.27. The first-order chi connectivity index (χ1) is 4.05. The Morgan fingerprint density at radius 3 is 2.33 bits per heavy atom. The van der Waals surface area contributed by atoms with Gasteiger partial charge < -0.3 is 9.84 Å². The van der Waals surface area contributed by atoms with Gasteiger partial charge in [0.1, 0.15) is 12.2 Å². The van der Waals surface area contributed by atoms with Gasteiger partial charge in [-0.1, -0.05) is 5.92 Å². The first-order valence-electron chi connectivity index (χ1n) is 2.89. The van der Waals surface area contributed by atoms with Crippen LogP contribution in [-0.2, 0) is 4.74 Å². The number of epoxide rings is 1. The minimum atomic E-state index is -0.781. The lowest BCUT2D eigenvalue weighted by Gasteiger charge is -2.11. The van der Waals surface area contributed by atoms with Crippen molar-refractivity contribution in [1.29, 1.82) is 0 Å². The molecule has 0 bridgehead atoms. The van der Waals surface area contributed by atoms with E-state index < -0.39 is 5.60 Å². The average molecular weight is 126 g/mol. The summed E-state index contributed by atoms with van der Waals surface area (Å²) in [5.74, 6) is 2.41. The highest BCUT2D eigenvalue weighted by atomic mass is 16.6. The van der Waals surface area contributed by atoms with Crippen LogP contribution in [0.2, 0.25) is 0 Å². The van der Waals surface area contributed by atoms with Gasteiger partial charge in [0.25, 0.3) is 0 Å². The molecule has 0 aromatic heterocycles. The van der Waals surface area contributed by atoms with Gasteiger partial charge in [-0.2, -0.15) is 0 Å². The van der Waals surface area contributed by atoms with E-state index in [1.54, 1.807) is 13.8 Å². The fraction of sp³-hybridized carbons (Fsp3) is 0.714. The standard InChI is InChI=1S/C7H10O2/c1-4-5-6(9-5)7(2,3)8/h1,5-6,8H,2-3H3. The van der Waals surface area contributed by atoms with E-state index in [9.17, 15) is 5.11 Å². The molecule has 1 aliphatic rings. The fourth-order valence-electron chi connectivity index (χ4n) is 0.776. The molecule has 1 aliphatic heterocycles. The zero-order chi connectivity index (χ0) is 7.07. The lowest BCUT2D eigenvalue weighted by atomic mass is 10.0. The van der Waals surface area contributed by atoms with Gasteiger partial charge in [0.15, 0.2) is 0 Å². The van der Waals surface area contributed by atoms with E-state index in [-0.39, 0.29) is 12.2 Å². The molecule has 0 aliphatic carbocycles. The zero-order valence-electron chi connectivity index (χ0n) is 5.59. The summed E-state index contributed by atoms with van der Waals surface area (Å²) in [4.78, 5) is 0. The van der Waals surface area contributed by atoms with Crippen LogP contribution < -0.4 is 0 Å². The Morgan fingerprint density at radius 1 is 1.67 bits per heavy atom. The van der Waals surface area contributed by atoms with Crippen LogP contribution in [0.4, 0.5) is 0 Å². The molecule has 2 atom stereocenters. The lowest BCUT2D eigenvalue weighted by molar-refractivity contribution is 0.0482. The molecule has 1 heterocycles. The summed E-state index contributed by atoms with van der Waals surface area (Å²) < 4.78 is 4.94. The molecule has 1 N–H and O–H groups in total. The Balaban J connectivity index is 2.45. The Bertz CT molecular complexity index is 149. The van der Waals surface area contributed by atoms with E-state index in [1.807, 2.05) is 0 Å². The third-order valence-corrected chi connectivity index (χ3v) is 1.35. The first kappa shape index (κ1) is 6.60. The van der Waals surface area contributed by atoms with Crippen LogP contribution in [0.5, 0.6) is 0 Å². The number of hydrogen-bond donors (Lipinski definition) is 1. The highest BCUT2D eigenvalue weighted by molar-refractivity contribution is 5.12. The van der Waals surface area contributed by atoms with Crippen LogP contribution in [0.15, 0.2) is 0 Å². The molecule has 0 radical (unpaired) electrons. The van der Waals surface area contributed by atoms with Crippen LogP contribution in [-0.4, -0.2) is 22.9 Å². The fourth-order valence-corrected chi connectivity index (χ4v) is 0.776. The summed E-state index contributed by atoms with van der Waals surface area (Å²) >= 11 is 0. The largest absolute Gasteiger partial charge is 0.388 e. The smallest absolute Gasteiger partial charge is 0.147 e. The van der Waals surface area contributed by atoms with E-state index in [1.165, 1.54) is 0 Å². The zero-order valence-corrected chi connectivity index (χ0v) is 5.59. The van der Waals surface area contributed by atoms with Crippen molar-refractivity contribution in [1.82, 2.24) is 0 Å². The van der Waals surface area contributed by atoms with E-state index in [0.29, 0.717) is 0 Å². The molecule has 0 aromatic carbocycles. The summed E-state index contributed by atoms with van der Waals surface area (Å²) in [6.45, 7) is 3.38. The Labute approximate surface area is 54.8 Å². The second kappa shape index (κ2) is 1.73. The van der Waals surface area contributed by atoms with Gasteiger partial charge in [-0.15, -0.1) is 6.42 Å². The predicted molar refractivity (Wildman–Crippen MR) is 33.8 cm³/mol. The van der Waals surface area contributed by atoms with Crippen molar-refractivity contribution in [3.63, 3.8) is 0 Å². The molecule has 0 amide bonds. The summed E-state index contributed by atoms with van der Waals surface area (Å²) in [7, 11) is 0. The molecule has 1 fully saturated rings. The molecular formula is C7H10O2. The van der Waals surface area contributed by atoms with Crippen molar-refractivity contribution in [2.75, 3.05) is 0 Å². The van der Waals surface area contributed by atoms with Crippen LogP contribution in [0.3, 0.4) is 0 Å². The van der Waals surface area contributed by atoms with Gasteiger partial charge in [0, 0.05) is 0 Å². The van der Waals surface area contributed by atoms with Crippen LogP contribution >= 0.6 is 0 Å². The lowest BCUT2D eigenvalue weighted by Crippen LogP contribution is -2.27. The second-order valence-corrected chi connectivity index (χ2v) is 2.80. The van der Waals surface area contributed by atoms with E-state index in [2.05, 4.69) is 5.92 Å². The number of terminal acetylenes is 1. The minimum absolute atomic E-state index is 0.150. The second-order valence-electron chi connectivity index (χ2n) is 2.80. The van der Waals surface area contributed by atoms with Gasteiger partial charge >= 0.3 is 0 Å². The predicted octanol–water partition coefficient (Wildman–Crippen LogP) is 0.158. The van der Waals surface area contributed by atoms with E-state index >= 15 is 0 Å². The number of rotatable bonds is 1. The van der Waals surface area contributed by atoms with Crippen molar-refractivity contribution in [2.45, 2.75) is 31.7 Å². The molecule has 0 saturated carbocycles. The Hall–Kier alpha value is -0.520. The SMILES string of the molecule is C#CC1OC1C(C)(C)O. The molecule has 1 rings (SSSR count). The molecular weight excluding hydrogens is 116 g/mol. The topological polar surface area (TPSA) is 32.8 Å². The van der Waals surface area contributed by atoms with Crippen molar-refractivity contribution >= 4 is 0 Å². The maximum Gasteiger partial charge on any atom is 0.147 e. The summed E-state index contributed by atoms with van der Waals surface area (Å²) in [6, 6.07) is 0. The molecule has 0 aromatic rings. The molecule has 50 valence electrons. The average Bonchev–Trinajstić information content (AvgIpc) is 2.39. The van der Waals surface area contributed by atoms with Gasteiger partial charge in [-0.25, -0.2) is 0 Å². The minimum Gasteiger partial charge on any atom is -0.388 e. The summed E-state index contributed by atoms with van der Waals surface area (Å²) in [6.07, 6.45) is 4.72. The van der Waals surface area contributed by atoms with Crippen molar-refractivity contribution in [2.24, 2.45) is 0 Å². The van der Waals surface area contributed by atoms with Gasteiger partial charge in [0.05, 0.1) is 5.60 Å². The van der Waals surface area contributed by atoms with Crippen molar-refractivity contribution in [3.8, 4) is 12.3 Å². The van der Waals surface area contributed by atoms with E-state index in [4.69, 9.17) is 11.2 Å². The summed E-state index contributed by atoms with van der Waals surface area (Å²) in [5, 5.41) is 9.24. The monoisotopic (exact) mass is 126 g/mol. The van der Waals surface area contributed by atoms with Crippen molar-refractivity contribution < 1.29 is 9.84 Å². The van der Waals surface area contributed by atoms with Crippen molar-refractivity contribution in [3.05, 3.63) is 0 Å². The number of ether oxygens (including phenoxy) is 1. The van der Waals surface area contributed by atoms with Gasteiger partial charge in [-0.05, 0) is 13.8 Å². The van der Waals surface area contributed by atoms with Crippen LogP contribution in [0.1, 0.15) is 13.8 Å². The summed E-state index contributed by atoms with van der Waals surface area (Å²) in [5.41, 5.74) is -0.781. The van der Waals surface area contributed by atoms with Crippen LogP contribution in [0, 0.1) is 12.3 Å². The molecule has 2 unspecified atom stereocenters. The molecule has 2 heteroatoms. The highest BCUT2D eigenvalue weighted by Crippen LogP contribution is 2.31. The maximum atomic E-state index is 9.24. The molecule has 0 spiro atoms. The quantitative estimate of drug-likeness (QED) is 0.401. The molecule has 2 nitrogen and oxygen atoms in total. The number of aliphatic hydroxyl groups is 1. The maximum absolute atomic E-state index is 9.24. The molecule has 1 saturated heterocycles. The third-order valence-electron chi connectivity index (χ3n) is 1.35. The Morgan fingerprint density at radius 2 is 2.22 bits per heavy atom. The van der Waals surface area contributed by atoms with E-state index in [0.717, 1.165) is 0 Å². The normalized spacial score (nSPS) is 33.6.